The van der Waals surface area contributed by atoms with Crippen LogP contribution in [0.3, 0.4) is 0 Å². The molecule has 0 saturated heterocycles. The van der Waals surface area contributed by atoms with Gasteiger partial charge in [0.1, 0.15) is 11.3 Å². The van der Waals surface area contributed by atoms with E-state index in [0.29, 0.717) is 21.1 Å². The van der Waals surface area contributed by atoms with Crippen LogP contribution in [0, 0.1) is 0 Å². The standard InChI is InChI=1S/C14H10Cl3NO/c15-10-4-1-9(7-11(10)16)12-5-2-8-3-6-13(17)18-14(8)19-12/h1,3-4,6-7,12H,2,5H2. The highest BCUT2D eigenvalue weighted by molar-refractivity contribution is 6.42. The number of hydrogen-bond donors (Lipinski definition) is 0. The Morgan fingerprint density at radius 2 is 1.89 bits per heavy atom. The number of halogens is 3. The Morgan fingerprint density at radius 1 is 1.05 bits per heavy atom. The molecule has 3 rings (SSSR count). The van der Waals surface area contributed by atoms with Crippen LogP contribution in [0.5, 0.6) is 5.88 Å². The average Bonchev–Trinajstić information content (AvgIpc) is 2.41. The van der Waals surface area contributed by atoms with E-state index in [-0.39, 0.29) is 6.10 Å². The lowest BCUT2D eigenvalue weighted by Crippen LogP contribution is -2.16. The Labute approximate surface area is 126 Å². The van der Waals surface area contributed by atoms with E-state index in [1.165, 1.54) is 0 Å². The smallest absolute Gasteiger partial charge is 0.218 e. The number of benzene rings is 1. The second kappa shape index (κ2) is 5.20. The maximum absolute atomic E-state index is 6.03. The van der Waals surface area contributed by atoms with Gasteiger partial charge in [0.15, 0.2) is 0 Å². The predicted octanol–water partition coefficient (Wildman–Crippen LogP) is 5.11. The molecular formula is C14H10Cl3NO. The Bertz CT molecular complexity index is 630. The van der Waals surface area contributed by atoms with Crippen molar-refractivity contribution < 1.29 is 4.74 Å². The zero-order chi connectivity index (χ0) is 13.4. The molecule has 98 valence electrons. The molecule has 0 N–H and O–H groups in total. The molecule has 1 aromatic heterocycles. The third kappa shape index (κ3) is 2.66. The molecule has 1 unspecified atom stereocenters. The molecule has 1 aromatic carbocycles. The minimum absolute atomic E-state index is 0.0618. The predicted molar refractivity (Wildman–Crippen MR) is 77.4 cm³/mol. The fraction of sp³-hybridized carbons (Fsp3) is 0.214. The summed E-state index contributed by atoms with van der Waals surface area (Å²) >= 11 is 17.8. The highest BCUT2D eigenvalue weighted by Gasteiger charge is 2.23. The molecule has 0 radical (unpaired) electrons. The van der Waals surface area contributed by atoms with Gasteiger partial charge in [-0.2, -0.15) is 0 Å². The Balaban J connectivity index is 1.90. The van der Waals surface area contributed by atoms with Gasteiger partial charge in [-0.15, -0.1) is 0 Å². The molecular weight excluding hydrogens is 305 g/mol. The van der Waals surface area contributed by atoms with Crippen molar-refractivity contribution in [3.8, 4) is 5.88 Å². The molecule has 1 atom stereocenters. The van der Waals surface area contributed by atoms with E-state index in [4.69, 9.17) is 39.5 Å². The van der Waals surface area contributed by atoms with Crippen molar-refractivity contribution >= 4 is 34.8 Å². The molecule has 2 aromatic rings. The fourth-order valence-electron chi connectivity index (χ4n) is 2.17. The van der Waals surface area contributed by atoms with Crippen molar-refractivity contribution in [2.75, 3.05) is 0 Å². The number of rotatable bonds is 1. The number of pyridine rings is 1. The zero-order valence-corrected chi connectivity index (χ0v) is 12.1. The average molecular weight is 315 g/mol. The summed E-state index contributed by atoms with van der Waals surface area (Å²) in [6.45, 7) is 0. The van der Waals surface area contributed by atoms with Crippen molar-refractivity contribution in [2.24, 2.45) is 0 Å². The van der Waals surface area contributed by atoms with Gasteiger partial charge in [0.2, 0.25) is 5.88 Å². The van der Waals surface area contributed by atoms with E-state index in [2.05, 4.69) is 4.98 Å². The summed E-state index contributed by atoms with van der Waals surface area (Å²) in [5.74, 6) is 0.606. The Kier molecular flexibility index (Phi) is 3.57. The first-order valence-electron chi connectivity index (χ1n) is 5.90. The normalized spacial score (nSPS) is 17.7. The number of hydrogen-bond acceptors (Lipinski definition) is 2. The summed E-state index contributed by atoms with van der Waals surface area (Å²) in [6.07, 6.45) is 1.73. The highest BCUT2D eigenvalue weighted by Crippen LogP contribution is 2.36. The van der Waals surface area contributed by atoms with Gasteiger partial charge in [0, 0.05) is 5.56 Å². The molecule has 0 spiro atoms. The van der Waals surface area contributed by atoms with Crippen LogP contribution in [0.2, 0.25) is 15.2 Å². The summed E-state index contributed by atoms with van der Waals surface area (Å²) in [4.78, 5) is 4.21. The molecule has 0 aliphatic carbocycles. The van der Waals surface area contributed by atoms with Crippen LogP contribution in [0.1, 0.15) is 23.7 Å². The summed E-state index contributed by atoms with van der Waals surface area (Å²) < 4.78 is 5.90. The number of ether oxygens (including phenoxy) is 1. The second-order valence-electron chi connectivity index (χ2n) is 4.42. The molecule has 5 heteroatoms. The van der Waals surface area contributed by atoms with Crippen LogP contribution in [-0.4, -0.2) is 4.98 Å². The molecule has 0 saturated carbocycles. The summed E-state index contributed by atoms with van der Waals surface area (Å²) in [5, 5.41) is 1.52. The van der Waals surface area contributed by atoms with Gasteiger partial charge >= 0.3 is 0 Å². The van der Waals surface area contributed by atoms with E-state index in [1.807, 2.05) is 18.2 Å². The van der Waals surface area contributed by atoms with Crippen molar-refractivity contribution in [1.82, 2.24) is 4.98 Å². The first-order chi connectivity index (χ1) is 9.13. The van der Waals surface area contributed by atoms with Crippen molar-refractivity contribution in [3.05, 3.63) is 56.7 Å². The molecule has 2 nitrogen and oxygen atoms in total. The first-order valence-corrected chi connectivity index (χ1v) is 7.04. The van der Waals surface area contributed by atoms with Crippen LogP contribution >= 0.6 is 34.8 Å². The van der Waals surface area contributed by atoms with Gasteiger partial charge < -0.3 is 4.74 Å². The molecule has 1 aliphatic heterocycles. The largest absolute Gasteiger partial charge is 0.469 e. The monoisotopic (exact) mass is 313 g/mol. The Hall–Kier alpha value is -0.960. The third-order valence-electron chi connectivity index (χ3n) is 3.15. The fourth-order valence-corrected chi connectivity index (χ4v) is 2.61. The molecule has 19 heavy (non-hydrogen) atoms. The van der Waals surface area contributed by atoms with Crippen molar-refractivity contribution in [2.45, 2.75) is 18.9 Å². The molecule has 0 bridgehead atoms. The lowest BCUT2D eigenvalue weighted by Gasteiger charge is -2.25. The number of aryl methyl sites for hydroxylation is 1. The highest BCUT2D eigenvalue weighted by atomic mass is 35.5. The van der Waals surface area contributed by atoms with Gasteiger partial charge in [-0.05, 0) is 36.6 Å². The zero-order valence-electron chi connectivity index (χ0n) is 9.87. The van der Waals surface area contributed by atoms with Gasteiger partial charge in [-0.1, -0.05) is 46.9 Å². The molecule has 0 amide bonds. The van der Waals surface area contributed by atoms with Gasteiger partial charge in [-0.25, -0.2) is 4.98 Å². The third-order valence-corrected chi connectivity index (χ3v) is 4.10. The van der Waals surface area contributed by atoms with Gasteiger partial charge in [0.05, 0.1) is 10.0 Å². The number of fused-ring (bicyclic) bond motifs is 1. The van der Waals surface area contributed by atoms with E-state index in [1.54, 1.807) is 12.1 Å². The van der Waals surface area contributed by atoms with Crippen LogP contribution in [0.25, 0.3) is 0 Å². The van der Waals surface area contributed by atoms with Crippen LogP contribution in [0.4, 0.5) is 0 Å². The molecule has 2 heterocycles. The summed E-state index contributed by atoms with van der Waals surface area (Å²) in [7, 11) is 0. The quantitative estimate of drug-likeness (QED) is 0.683. The van der Waals surface area contributed by atoms with Gasteiger partial charge in [-0.3, -0.25) is 0 Å². The summed E-state index contributed by atoms with van der Waals surface area (Å²) in [6, 6.07) is 9.28. The van der Waals surface area contributed by atoms with E-state index in [9.17, 15) is 0 Å². The van der Waals surface area contributed by atoms with Crippen LogP contribution < -0.4 is 4.74 Å². The molecule has 0 fully saturated rings. The minimum Gasteiger partial charge on any atom is -0.469 e. The lowest BCUT2D eigenvalue weighted by molar-refractivity contribution is 0.168. The van der Waals surface area contributed by atoms with E-state index < -0.39 is 0 Å². The summed E-state index contributed by atoms with van der Waals surface area (Å²) in [5.41, 5.74) is 2.09. The van der Waals surface area contributed by atoms with Crippen LogP contribution in [0.15, 0.2) is 30.3 Å². The van der Waals surface area contributed by atoms with E-state index in [0.717, 1.165) is 24.0 Å². The van der Waals surface area contributed by atoms with E-state index >= 15 is 0 Å². The van der Waals surface area contributed by atoms with Crippen molar-refractivity contribution in [1.29, 1.82) is 0 Å². The second-order valence-corrected chi connectivity index (χ2v) is 5.62. The maximum atomic E-state index is 6.03. The molecule has 1 aliphatic rings. The first kappa shape index (κ1) is 13.0. The SMILES string of the molecule is Clc1ccc2c(n1)OC(c1ccc(Cl)c(Cl)c1)CC2. The Morgan fingerprint density at radius 3 is 2.68 bits per heavy atom. The minimum atomic E-state index is -0.0618. The topological polar surface area (TPSA) is 22.1 Å². The number of aromatic nitrogens is 1. The van der Waals surface area contributed by atoms with Gasteiger partial charge in [0.25, 0.3) is 0 Å². The number of nitrogens with zero attached hydrogens (tertiary/aromatic N) is 1. The van der Waals surface area contributed by atoms with Crippen molar-refractivity contribution in [3.63, 3.8) is 0 Å². The maximum Gasteiger partial charge on any atom is 0.218 e. The lowest BCUT2D eigenvalue weighted by atomic mass is 9.99. The van der Waals surface area contributed by atoms with Crippen LogP contribution in [-0.2, 0) is 6.42 Å².